The SMILES string of the molecule is Cc1cc(N2CCCN(Cc3csc(C)n3)CC2)c2cccc([N+](=O)[O-])c2n1. The Morgan fingerprint density at radius 1 is 1.18 bits per heavy atom. The molecule has 2 aromatic heterocycles. The fraction of sp³-hybridized carbons (Fsp3) is 0.400. The number of fused-ring (bicyclic) bond motifs is 1. The van der Waals surface area contributed by atoms with E-state index >= 15 is 0 Å². The van der Waals surface area contributed by atoms with E-state index in [4.69, 9.17) is 0 Å². The summed E-state index contributed by atoms with van der Waals surface area (Å²) in [5.41, 5.74) is 3.52. The van der Waals surface area contributed by atoms with Crippen LogP contribution in [0, 0.1) is 24.0 Å². The highest BCUT2D eigenvalue weighted by Gasteiger charge is 2.21. The van der Waals surface area contributed by atoms with Crippen LogP contribution in [0.15, 0.2) is 29.6 Å². The van der Waals surface area contributed by atoms with Gasteiger partial charge in [0.1, 0.15) is 0 Å². The Bertz CT molecular complexity index is 1020. The topological polar surface area (TPSA) is 75.4 Å². The molecule has 0 atom stereocenters. The lowest BCUT2D eigenvalue weighted by molar-refractivity contribution is -0.383. The van der Waals surface area contributed by atoms with Gasteiger partial charge in [-0.2, -0.15) is 0 Å². The first-order valence-corrected chi connectivity index (χ1v) is 10.3. The smallest absolute Gasteiger partial charge is 0.295 e. The van der Waals surface area contributed by atoms with Crippen molar-refractivity contribution in [1.82, 2.24) is 14.9 Å². The molecule has 4 rings (SSSR count). The number of hydrogen-bond acceptors (Lipinski definition) is 7. The van der Waals surface area contributed by atoms with Gasteiger partial charge in [0.2, 0.25) is 0 Å². The number of rotatable bonds is 4. The van der Waals surface area contributed by atoms with Gasteiger partial charge in [-0.3, -0.25) is 15.0 Å². The van der Waals surface area contributed by atoms with Gasteiger partial charge in [0, 0.05) is 60.9 Å². The average molecular weight is 398 g/mol. The zero-order valence-corrected chi connectivity index (χ0v) is 16.9. The number of thiazole rings is 1. The molecule has 7 nitrogen and oxygen atoms in total. The molecule has 0 radical (unpaired) electrons. The maximum atomic E-state index is 11.4. The number of nitro benzene ring substituents is 1. The van der Waals surface area contributed by atoms with E-state index in [0.29, 0.717) is 5.52 Å². The Kier molecular flexibility index (Phi) is 5.23. The van der Waals surface area contributed by atoms with Crippen molar-refractivity contribution in [3.63, 3.8) is 0 Å². The van der Waals surface area contributed by atoms with Gasteiger partial charge < -0.3 is 4.90 Å². The number of aryl methyl sites for hydroxylation is 2. The summed E-state index contributed by atoms with van der Waals surface area (Å²) >= 11 is 1.69. The van der Waals surface area contributed by atoms with Crippen LogP contribution >= 0.6 is 11.3 Å². The van der Waals surface area contributed by atoms with Crippen molar-refractivity contribution in [3.05, 3.63) is 56.2 Å². The second kappa shape index (κ2) is 7.81. The van der Waals surface area contributed by atoms with Gasteiger partial charge in [-0.25, -0.2) is 9.97 Å². The first-order chi connectivity index (χ1) is 13.5. The van der Waals surface area contributed by atoms with Gasteiger partial charge >= 0.3 is 0 Å². The van der Waals surface area contributed by atoms with Crippen LogP contribution in [0.2, 0.25) is 0 Å². The molecule has 0 amide bonds. The van der Waals surface area contributed by atoms with E-state index < -0.39 is 0 Å². The summed E-state index contributed by atoms with van der Waals surface area (Å²) in [4.78, 5) is 24.9. The number of non-ortho nitro benzene ring substituents is 1. The lowest BCUT2D eigenvalue weighted by atomic mass is 10.1. The Labute approximate surface area is 167 Å². The van der Waals surface area contributed by atoms with Crippen LogP contribution in [-0.2, 0) is 6.54 Å². The molecule has 3 heterocycles. The Morgan fingerprint density at radius 2 is 2.04 bits per heavy atom. The van der Waals surface area contributed by atoms with Crippen molar-refractivity contribution >= 4 is 33.6 Å². The van der Waals surface area contributed by atoms with Crippen LogP contribution in [0.5, 0.6) is 0 Å². The third kappa shape index (κ3) is 3.83. The molecule has 8 heteroatoms. The zero-order valence-electron chi connectivity index (χ0n) is 16.1. The van der Waals surface area contributed by atoms with Gasteiger partial charge in [0.05, 0.1) is 15.6 Å². The Hall–Kier alpha value is -2.58. The lowest BCUT2D eigenvalue weighted by Crippen LogP contribution is -2.30. The van der Waals surface area contributed by atoms with Crippen molar-refractivity contribution in [2.24, 2.45) is 0 Å². The van der Waals surface area contributed by atoms with E-state index in [1.54, 1.807) is 17.4 Å². The first kappa shape index (κ1) is 18.8. The van der Waals surface area contributed by atoms with E-state index in [-0.39, 0.29) is 10.6 Å². The molecule has 1 fully saturated rings. The number of aromatic nitrogens is 2. The molecule has 1 aliphatic rings. The molecule has 0 saturated carbocycles. The van der Waals surface area contributed by atoms with Gasteiger partial charge in [0.15, 0.2) is 5.52 Å². The van der Waals surface area contributed by atoms with Crippen LogP contribution in [0.1, 0.15) is 22.8 Å². The van der Waals surface area contributed by atoms with Gasteiger partial charge in [-0.15, -0.1) is 11.3 Å². The largest absolute Gasteiger partial charge is 0.370 e. The van der Waals surface area contributed by atoms with Crippen LogP contribution in [0.25, 0.3) is 10.9 Å². The molecule has 1 aromatic carbocycles. The normalized spacial score (nSPS) is 15.7. The molecule has 28 heavy (non-hydrogen) atoms. The van der Waals surface area contributed by atoms with Crippen LogP contribution in [0.3, 0.4) is 0 Å². The third-order valence-corrected chi connectivity index (χ3v) is 5.92. The highest BCUT2D eigenvalue weighted by molar-refractivity contribution is 7.09. The monoisotopic (exact) mass is 397 g/mol. The molecule has 3 aromatic rings. The number of pyridine rings is 1. The van der Waals surface area contributed by atoms with Crippen molar-refractivity contribution in [1.29, 1.82) is 0 Å². The summed E-state index contributed by atoms with van der Waals surface area (Å²) < 4.78 is 0. The predicted molar refractivity (Wildman–Crippen MR) is 112 cm³/mol. The van der Waals surface area contributed by atoms with Crippen LogP contribution in [0.4, 0.5) is 11.4 Å². The number of hydrogen-bond donors (Lipinski definition) is 0. The van der Waals surface area contributed by atoms with Crippen molar-refractivity contribution in [2.45, 2.75) is 26.8 Å². The maximum absolute atomic E-state index is 11.4. The minimum Gasteiger partial charge on any atom is -0.370 e. The van der Waals surface area contributed by atoms with E-state index in [1.165, 1.54) is 6.07 Å². The molecular weight excluding hydrogens is 374 g/mol. The number of nitro groups is 1. The highest BCUT2D eigenvalue weighted by Crippen LogP contribution is 2.32. The van der Waals surface area contributed by atoms with E-state index in [9.17, 15) is 10.1 Å². The molecular formula is C20H23N5O2S. The molecule has 0 bridgehead atoms. The molecule has 146 valence electrons. The van der Waals surface area contributed by atoms with E-state index in [1.807, 2.05) is 26.0 Å². The van der Waals surface area contributed by atoms with Crippen LogP contribution < -0.4 is 4.90 Å². The zero-order chi connectivity index (χ0) is 19.7. The van der Waals surface area contributed by atoms with E-state index in [2.05, 4.69) is 25.1 Å². The predicted octanol–water partition coefficient (Wildman–Crippen LogP) is 3.93. The highest BCUT2D eigenvalue weighted by atomic mass is 32.1. The molecule has 0 unspecified atom stereocenters. The number of anilines is 1. The van der Waals surface area contributed by atoms with Crippen molar-refractivity contribution in [3.8, 4) is 0 Å². The Morgan fingerprint density at radius 3 is 2.79 bits per heavy atom. The molecule has 0 spiro atoms. The van der Waals surface area contributed by atoms with Crippen molar-refractivity contribution in [2.75, 3.05) is 31.1 Å². The number of nitrogens with zero attached hydrogens (tertiary/aromatic N) is 5. The summed E-state index contributed by atoms with van der Waals surface area (Å²) in [6.07, 6.45) is 1.04. The van der Waals surface area contributed by atoms with Crippen LogP contribution in [-0.4, -0.2) is 46.0 Å². The fourth-order valence-electron chi connectivity index (χ4n) is 3.83. The lowest BCUT2D eigenvalue weighted by Gasteiger charge is -2.25. The average Bonchev–Trinajstić information content (AvgIpc) is 2.93. The van der Waals surface area contributed by atoms with E-state index in [0.717, 1.165) is 66.6 Å². The fourth-order valence-corrected chi connectivity index (χ4v) is 4.43. The minimum absolute atomic E-state index is 0.0674. The summed E-state index contributed by atoms with van der Waals surface area (Å²) in [5.74, 6) is 0. The molecule has 0 aliphatic carbocycles. The second-order valence-electron chi connectivity index (χ2n) is 7.19. The summed E-state index contributed by atoms with van der Waals surface area (Å²) in [7, 11) is 0. The second-order valence-corrected chi connectivity index (χ2v) is 8.25. The standard InChI is InChI=1S/C20H23N5O2S/c1-14-11-19(17-5-3-6-18(25(26)27)20(17)21-14)24-8-4-7-23(9-10-24)12-16-13-28-15(2)22-16/h3,5-6,11,13H,4,7-10,12H2,1-2H3. The maximum Gasteiger partial charge on any atom is 0.295 e. The molecule has 1 saturated heterocycles. The summed E-state index contributed by atoms with van der Waals surface area (Å²) in [6.45, 7) is 8.57. The minimum atomic E-state index is -0.349. The molecule has 0 N–H and O–H groups in total. The Balaban J connectivity index is 1.60. The number of benzene rings is 1. The summed E-state index contributed by atoms with van der Waals surface area (Å²) in [5, 5.41) is 15.5. The van der Waals surface area contributed by atoms with Gasteiger partial charge in [-0.1, -0.05) is 12.1 Å². The van der Waals surface area contributed by atoms with Gasteiger partial charge in [-0.05, 0) is 26.3 Å². The van der Waals surface area contributed by atoms with Gasteiger partial charge in [0.25, 0.3) is 5.69 Å². The molecule has 1 aliphatic heterocycles. The quantitative estimate of drug-likeness (QED) is 0.490. The third-order valence-electron chi connectivity index (χ3n) is 5.10. The number of para-hydroxylation sites is 1. The first-order valence-electron chi connectivity index (χ1n) is 9.44. The van der Waals surface area contributed by atoms with Crippen molar-refractivity contribution < 1.29 is 4.92 Å². The summed E-state index contributed by atoms with van der Waals surface area (Å²) in [6, 6.07) is 7.25.